The van der Waals surface area contributed by atoms with Gasteiger partial charge in [-0.3, -0.25) is 14.3 Å². The van der Waals surface area contributed by atoms with E-state index in [4.69, 9.17) is 0 Å². The number of hydrogen-bond donors (Lipinski definition) is 0. The van der Waals surface area contributed by atoms with Crippen molar-refractivity contribution in [1.82, 2.24) is 14.7 Å². The molecule has 1 amide bonds. The molecule has 0 aliphatic carbocycles. The highest BCUT2D eigenvalue weighted by atomic mass is 16.2. The molecule has 2 rings (SSSR count). The molecule has 1 aromatic heterocycles. The van der Waals surface area contributed by atoms with Gasteiger partial charge in [0.15, 0.2) is 0 Å². The van der Waals surface area contributed by atoms with E-state index in [2.05, 4.69) is 5.10 Å². The van der Waals surface area contributed by atoms with Gasteiger partial charge in [0.1, 0.15) is 5.78 Å². The monoisotopic (exact) mass is 249 g/mol. The van der Waals surface area contributed by atoms with Crippen molar-refractivity contribution in [1.29, 1.82) is 0 Å². The minimum atomic E-state index is 0.00403. The Labute approximate surface area is 107 Å². The van der Waals surface area contributed by atoms with E-state index in [0.29, 0.717) is 12.0 Å². The summed E-state index contributed by atoms with van der Waals surface area (Å²) in [6.45, 7) is 4.16. The van der Waals surface area contributed by atoms with Crippen molar-refractivity contribution >= 4 is 11.7 Å². The number of amides is 1. The second kappa shape index (κ2) is 4.92. The molecule has 1 saturated heterocycles. The molecule has 0 N–H and O–H groups in total. The first-order valence-corrected chi connectivity index (χ1v) is 6.29. The second-order valence-corrected chi connectivity index (χ2v) is 5.00. The van der Waals surface area contributed by atoms with E-state index in [0.717, 1.165) is 25.1 Å². The Morgan fingerprint density at radius 2 is 2.22 bits per heavy atom. The summed E-state index contributed by atoms with van der Waals surface area (Å²) < 4.78 is 1.65. The van der Waals surface area contributed by atoms with Crippen LogP contribution in [-0.4, -0.2) is 39.0 Å². The van der Waals surface area contributed by atoms with Gasteiger partial charge in [-0.25, -0.2) is 0 Å². The fourth-order valence-corrected chi connectivity index (χ4v) is 2.61. The first-order valence-electron chi connectivity index (χ1n) is 6.29. The molecular formula is C13H19N3O2. The maximum Gasteiger partial charge on any atom is 0.257 e. The van der Waals surface area contributed by atoms with Crippen LogP contribution in [-0.2, 0) is 11.8 Å². The number of aromatic nitrogens is 2. The summed E-state index contributed by atoms with van der Waals surface area (Å²) >= 11 is 0. The van der Waals surface area contributed by atoms with Crippen LogP contribution in [0.25, 0.3) is 0 Å². The summed E-state index contributed by atoms with van der Waals surface area (Å²) in [7, 11) is 1.81. The number of carbonyl (C=O) groups excluding carboxylic acids is 2. The molecular weight excluding hydrogens is 230 g/mol. The highest BCUT2D eigenvalue weighted by molar-refractivity contribution is 5.95. The molecule has 5 heteroatoms. The Balaban J connectivity index is 2.17. The maximum atomic E-state index is 12.4. The van der Waals surface area contributed by atoms with Gasteiger partial charge in [0.05, 0.1) is 11.3 Å². The van der Waals surface area contributed by atoms with E-state index in [-0.39, 0.29) is 17.7 Å². The minimum absolute atomic E-state index is 0.00403. The zero-order chi connectivity index (χ0) is 13.3. The fraction of sp³-hybridized carbons (Fsp3) is 0.615. The van der Waals surface area contributed by atoms with Crippen LogP contribution < -0.4 is 0 Å². The van der Waals surface area contributed by atoms with Crippen molar-refractivity contribution in [3.63, 3.8) is 0 Å². The minimum Gasteiger partial charge on any atom is -0.335 e. The number of rotatable bonds is 3. The molecule has 1 fully saturated rings. The highest BCUT2D eigenvalue weighted by Gasteiger charge is 2.31. The summed E-state index contributed by atoms with van der Waals surface area (Å²) in [5, 5.41) is 4.19. The van der Waals surface area contributed by atoms with Crippen molar-refractivity contribution in [3.8, 4) is 0 Å². The van der Waals surface area contributed by atoms with Gasteiger partial charge in [-0.1, -0.05) is 0 Å². The molecule has 0 saturated carbocycles. The molecule has 1 unspecified atom stereocenters. The quantitative estimate of drug-likeness (QED) is 0.811. The molecule has 1 aliphatic rings. The summed E-state index contributed by atoms with van der Waals surface area (Å²) in [4.78, 5) is 25.5. The molecule has 0 radical (unpaired) electrons. The number of likely N-dealkylation sites (tertiary alicyclic amines) is 1. The number of nitrogens with zero attached hydrogens (tertiary/aromatic N) is 3. The molecule has 18 heavy (non-hydrogen) atoms. The van der Waals surface area contributed by atoms with Gasteiger partial charge in [0.2, 0.25) is 0 Å². The zero-order valence-electron chi connectivity index (χ0n) is 11.1. The zero-order valence-corrected chi connectivity index (χ0v) is 11.1. The Bertz CT molecular complexity index is 479. The molecule has 98 valence electrons. The summed E-state index contributed by atoms with van der Waals surface area (Å²) in [6, 6.07) is 0.0645. The standard InChI is InChI=1S/C13H19N3O2/c1-9(17)7-11-5-4-6-16(11)13(18)12-8-15(3)14-10(12)2/h8,11H,4-7H2,1-3H3. The van der Waals surface area contributed by atoms with Gasteiger partial charge in [-0.15, -0.1) is 0 Å². The van der Waals surface area contributed by atoms with E-state index >= 15 is 0 Å². The summed E-state index contributed by atoms with van der Waals surface area (Å²) in [6.07, 6.45) is 4.11. The predicted octanol–water partition coefficient (Wildman–Crippen LogP) is 1.31. The average molecular weight is 249 g/mol. The van der Waals surface area contributed by atoms with Gasteiger partial charge < -0.3 is 4.90 Å². The molecule has 0 bridgehead atoms. The van der Waals surface area contributed by atoms with Gasteiger partial charge in [0.25, 0.3) is 5.91 Å². The lowest BCUT2D eigenvalue weighted by molar-refractivity contribution is -0.117. The average Bonchev–Trinajstić information content (AvgIpc) is 2.83. The van der Waals surface area contributed by atoms with Gasteiger partial charge in [0, 0.05) is 32.3 Å². The SMILES string of the molecule is CC(=O)CC1CCCN1C(=O)c1cn(C)nc1C. The van der Waals surface area contributed by atoms with Gasteiger partial charge >= 0.3 is 0 Å². The van der Waals surface area contributed by atoms with Crippen LogP contribution in [0.2, 0.25) is 0 Å². The topological polar surface area (TPSA) is 55.2 Å². The smallest absolute Gasteiger partial charge is 0.257 e. The largest absolute Gasteiger partial charge is 0.335 e. The predicted molar refractivity (Wildman–Crippen MR) is 67.3 cm³/mol. The van der Waals surface area contributed by atoms with Crippen LogP contribution in [0, 0.1) is 6.92 Å². The maximum absolute atomic E-state index is 12.4. The number of ketones is 1. The lowest BCUT2D eigenvalue weighted by atomic mass is 10.1. The molecule has 1 aromatic rings. The summed E-state index contributed by atoms with van der Waals surface area (Å²) in [5.41, 5.74) is 1.39. The molecule has 0 aromatic carbocycles. The number of Topliss-reactive ketones (excluding diaryl/α,β-unsaturated/α-hetero) is 1. The van der Waals surface area contributed by atoms with Crippen LogP contribution in [0.1, 0.15) is 42.2 Å². The van der Waals surface area contributed by atoms with Crippen molar-refractivity contribution in [2.75, 3.05) is 6.54 Å². The number of carbonyl (C=O) groups is 2. The normalized spacial score (nSPS) is 19.3. The van der Waals surface area contributed by atoms with E-state index < -0.39 is 0 Å². The second-order valence-electron chi connectivity index (χ2n) is 5.00. The highest BCUT2D eigenvalue weighted by Crippen LogP contribution is 2.23. The Kier molecular flexibility index (Phi) is 3.50. The first kappa shape index (κ1) is 12.8. The lowest BCUT2D eigenvalue weighted by Crippen LogP contribution is -2.36. The molecule has 2 heterocycles. The fourth-order valence-electron chi connectivity index (χ4n) is 2.61. The van der Waals surface area contributed by atoms with Crippen molar-refractivity contribution in [2.45, 2.75) is 39.2 Å². The van der Waals surface area contributed by atoms with Crippen LogP contribution in [0.4, 0.5) is 0 Å². The molecule has 1 aliphatic heterocycles. The summed E-state index contributed by atoms with van der Waals surface area (Å²) in [5.74, 6) is 0.145. The number of aryl methyl sites for hydroxylation is 2. The first-order chi connectivity index (χ1) is 8.49. The van der Waals surface area contributed by atoms with Crippen molar-refractivity contribution < 1.29 is 9.59 Å². The Hall–Kier alpha value is -1.65. The van der Waals surface area contributed by atoms with E-state index in [9.17, 15) is 9.59 Å². The van der Waals surface area contributed by atoms with E-state index in [1.165, 1.54) is 0 Å². The third-order valence-corrected chi connectivity index (χ3v) is 3.40. The Morgan fingerprint density at radius 1 is 1.50 bits per heavy atom. The van der Waals surface area contributed by atoms with Crippen molar-refractivity contribution in [2.24, 2.45) is 7.05 Å². The van der Waals surface area contributed by atoms with Crippen LogP contribution in [0.5, 0.6) is 0 Å². The van der Waals surface area contributed by atoms with Crippen LogP contribution in [0.3, 0.4) is 0 Å². The molecule has 1 atom stereocenters. The Morgan fingerprint density at radius 3 is 2.78 bits per heavy atom. The van der Waals surface area contributed by atoms with Crippen LogP contribution in [0.15, 0.2) is 6.20 Å². The van der Waals surface area contributed by atoms with E-state index in [1.54, 1.807) is 24.9 Å². The molecule has 5 nitrogen and oxygen atoms in total. The number of hydrogen-bond acceptors (Lipinski definition) is 3. The van der Waals surface area contributed by atoms with Gasteiger partial charge in [-0.05, 0) is 26.7 Å². The van der Waals surface area contributed by atoms with Crippen LogP contribution >= 0.6 is 0 Å². The van der Waals surface area contributed by atoms with Crippen molar-refractivity contribution in [3.05, 3.63) is 17.5 Å². The van der Waals surface area contributed by atoms with Gasteiger partial charge in [-0.2, -0.15) is 5.10 Å². The molecule has 0 spiro atoms. The third-order valence-electron chi connectivity index (χ3n) is 3.40. The lowest BCUT2D eigenvalue weighted by Gasteiger charge is -2.23. The third kappa shape index (κ3) is 2.44. The van der Waals surface area contributed by atoms with E-state index in [1.807, 2.05) is 11.8 Å².